The molecule has 0 unspecified atom stereocenters. The number of halogens is 3. The van der Waals surface area contributed by atoms with Gasteiger partial charge in [0.15, 0.2) is 0 Å². The summed E-state index contributed by atoms with van der Waals surface area (Å²) in [5.41, 5.74) is 1.58. The number of carbonyl (C=O) groups is 2. The zero-order valence-electron chi connectivity index (χ0n) is 25.0. The zero-order chi connectivity index (χ0) is 32.7. The van der Waals surface area contributed by atoms with Crippen molar-refractivity contribution in [3.63, 3.8) is 0 Å². The van der Waals surface area contributed by atoms with E-state index in [-0.39, 0.29) is 35.5 Å². The number of para-hydroxylation sites is 1. The first-order valence-electron chi connectivity index (χ1n) is 15.0. The van der Waals surface area contributed by atoms with E-state index in [0.717, 1.165) is 35.6 Å². The average Bonchev–Trinajstić information content (AvgIpc) is 3.56. The molecule has 7 nitrogen and oxygen atoms in total. The highest BCUT2D eigenvalue weighted by atomic mass is 35.5. The van der Waals surface area contributed by atoms with Gasteiger partial charge in [-0.2, -0.15) is 0 Å². The molecule has 1 N–H and O–H groups in total. The fraction of sp³-hybridized carbons (Fsp3) is 0.257. The van der Waals surface area contributed by atoms with Crippen LogP contribution in [0, 0.1) is 0 Å². The molecule has 0 saturated heterocycles. The minimum absolute atomic E-state index is 0.00211. The standard InChI is InChI=1S/C35H34Cl3N3O4S/c36-26-18-20-29(21-19-26)46(44,45)41(28-14-5-2-6-15-28)24-34(42)40(23-30-31(37)16-9-17-32(30)38)33(22-25-10-3-1-4-11-25)35(43)39-27-12-7-8-13-27/h1-6,9-11,14-21,27,33H,7-8,12-13,22-24H2,(H,39,43)/t33-/m0/s1. The highest BCUT2D eigenvalue weighted by Crippen LogP contribution is 2.29. The summed E-state index contributed by atoms with van der Waals surface area (Å²) in [7, 11) is -4.24. The molecule has 0 heterocycles. The van der Waals surface area contributed by atoms with Gasteiger partial charge in [0.2, 0.25) is 11.8 Å². The third-order valence-corrected chi connectivity index (χ3v) is 10.8. The summed E-state index contributed by atoms with van der Waals surface area (Å²) in [4.78, 5) is 30.1. The van der Waals surface area contributed by atoms with Crippen LogP contribution < -0.4 is 9.62 Å². The lowest BCUT2D eigenvalue weighted by atomic mass is 10.0. The van der Waals surface area contributed by atoms with E-state index in [1.807, 2.05) is 30.3 Å². The van der Waals surface area contributed by atoms with Crippen LogP contribution in [0.4, 0.5) is 5.69 Å². The van der Waals surface area contributed by atoms with Crippen LogP contribution in [0.3, 0.4) is 0 Å². The molecule has 240 valence electrons. The van der Waals surface area contributed by atoms with Crippen molar-refractivity contribution in [2.45, 2.75) is 55.6 Å². The molecule has 11 heteroatoms. The smallest absolute Gasteiger partial charge is 0.264 e. The molecule has 46 heavy (non-hydrogen) atoms. The van der Waals surface area contributed by atoms with Crippen molar-refractivity contribution in [2.24, 2.45) is 0 Å². The van der Waals surface area contributed by atoms with Crippen LogP contribution in [-0.4, -0.2) is 43.8 Å². The van der Waals surface area contributed by atoms with Crippen molar-refractivity contribution in [3.8, 4) is 0 Å². The molecule has 1 aliphatic carbocycles. The summed E-state index contributed by atoms with van der Waals surface area (Å²) >= 11 is 19.2. The first kappa shape index (κ1) is 33.8. The van der Waals surface area contributed by atoms with Crippen molar-refractivity contribution in [1.82, 2.24) is 10.2 Å². The number of carbonyl (C=O) groups excluding carboxylic acids is 2. The van der Waals surface area contributed by atoms with Gasteiger partial charge in [-0.1, -0.05) is 102 Å². The largest absolute Gasteiger partial charge is 0.352 e. The van der Waals surface area contributed by atoms with Crippen molar-refractivity contribution < 1.29 is 18.0 Å². The van der Waals surface area contributed by atoms with Crippen LogP contribution in [0.2, 0.25) is 15.1 Å². The molecule has 0 radical (unpaired) electrons. The van der Waals surface area contributed by atoms with E-state index in [9.17, 15) is 18.0 Å². The summed E-state index contributed by atoms with van der Waals surface area (Å²) in [6.45, 7) is -0.699. The Labute approximate surface area is 285 Å². The van der Waals surface area contributed by atoms with Crippen LogP contribution in [0.15, 0.2) is 108 Å². The topological polar surface area (TPSA) is 86.8 Å². The Morgan fingerprint density at radius 2 is 1.37 bits per heavy atom. The van der Waals surface area contributed by atoms with E-state index in [2.05, 4.69) is 5.32 Å². The first-order valence-corrected chi connectivity index (χ1v) is 17.6. The van der Waals surface area contributed by atoms with E-state index in [1.54, 1.807) is 48.5 Å². The molecule has 2 amide bonds. The maximum Gasteiger partial charge on any atom is 0.264 e. The number of amides is 2. The Hall–Kier alpha value is -3.56. The van der Waals surface area contributed by atoms with E-state index < -0.39 is 28.5 Å². The maximum atomic E-state index is 14.6. The Balaban J connectivity index is 1.58. The number of hydrogen-bond donors (Lipinski definition) is 1. The van der Waals surface area contributed by atoms with Gasteiger partial charge in [-0.25, -0.2) is 8.42 Å². The quantitative estimate of drug-likeness (QED) is 0.166. The second-order valence-corrected chi connectivity index (χ2v) is 14.3. The molecule has 4 aromatic rings. The highest BCUT2D eigenvalue weighted by molar-refractivity contribution is 7.92. The van der Waals surface area contributed by atoms with Gasteiger partial charge < -0.3 is 10.2 Å². The molecule has 0 aliphatic heterocycles. The minimum Gasteiger partial charge on any atom is -0.352 e. The van der Waals surface area contributed by atoms with Gasteiger partial charge in [0.05, 0.1) is 10.6 Å². The number of nitrogens with one attached hydrogen (secondary N) is 1. The summed E-state index contributed by atoms with van der Waals surface area (Å²) in [5, 5.41) is 4.18. The van der Waals surface area contributed by atoms with Gasteiger partial charge in [0.25, 0.3) is 10.0 Å². The molecule has 0 aromatic heterocycles. The number of nitrogens with zero attached hydrogens (tertiary/aromatic N) is 2. The first-order chi connectivity index (χ1) is 22.1. The number of sulfonamides is 1. The Kier molecular flexibility index (Phi) is 11.3. The summed E-state index contributed by atoms with van der Waals surface area (Å²) in [6, 6.07) is 27.6. The van der Waals surface area contributed by atoms with Crippen molar-refractivity contribution in [3.05, 3.63) is 129 Å². The molecular weight excluding hydrogens is 665 g/mol. The van der Waals surface area contributed by atoms with Gasteiger partial charge in [-0.05, 0) is 66.9 Å². The fourth-order valence-electron chi connectivity index (χ4n) is 5.63. The third kappa shape index (κ3) is 8.23. The predicted octanol–water partition coefficient (Wildman–Crippen LogP) is 7.54. The van der Waals surface area contributed by atoms with Crippen LogP contribution in [0.1, 0.15) is 36.8 Å². The Morgan fingerprint density at radius 3 is 1.98 bits per heavy atom. The monoisotopic (exact) mass is 697 g/mol. The lowest BCUT2D eigenvalue weighted by molar-refractivity contribution is -0.140. The molecule has 0 spiro atoms. The van der Waals surface area contributed by atoms with Gasteiger partial charge in [0.1, 0.15) is 12.6 Å². The normalized spacial score (nSPS) is 14.1. The van der Waals surface area contributed by atoms with Crippen molar-refractivity contribution >= 4 is 62.3 Å². The lowest BCUT2D eigenvalue weighted by Crippen LogP contribution is -2.54. The number of hydrogen-bond acceptors (Lipinski definition) is 4. The summed E-state index contributed by atoms with van der Waals surface area (Å²) < 4.78 is 29.2. The third-order valence-electron chi connectivity index (χ3n) is 8.09. The fourth-order valence-corrected chi connectivity index (χ4v) is 7.69. The summed E-state index contributed by atoms with van der Waals surface area (Å²) in [5.74, 6) is -0.918. The van der Waals surface area contributed by atoms with E-state index in [1.165, 1.54) is 29.2 Å². The van der Waals surface area contributed by atoms with Gasteiger partial charge in [0, 0.05) is 39.6 Å². The van der Waals surface area contributed by atoms with Gasteiger partial charge in [-0.3, -0.25) is 13.9 Å². The molecule has 0 bridgehead atoms. The van der Waals surface area contributed by atoms with Gasteiger partial charge >= 0.3 is 0 Å². The van der Waals surface area contributed by atoms with E-state index in [4.69, 9.17) is 34.8 Å². The second-order valence-electron chi connectivity index (χ2n) is 11.2. The Bertz CT molecular complexity index is 1730. The van der Waals surface area contributed by atoms with Crippen molar-refractivity contribution in [2.75, 3.05) is 10.8 Å². The van der Waals surface area contributed by atoms with Gasteiger partial charge in [-0.15, -0.1) is 0 Å². The SMILES string of the molecule is O=C(NC1CCCC1)[C@H](Cc1ccccc1)N(Cc1c(Cl)cccc1Cl)C(=O)CN(c1ccccc1)S(=O)(=O)c1ccc(Cl)cc1. The number of benzene rings is 4. The maximum absolute atomic E-state index is 14.6. The van der Waals surface area contributed by atoms with E-state index in [0.29, 0.717) is 20.6 Å². The van der Waals surface area contributed by atoms with E-state index >= 15 is 0 Å². The average molecular weight is 699 g/mol. The van der Waals surface area contributed by atoms with Crippen LogP contribution >= 0.6 is 34.8 Å². The zero-order valence-corrected chi connectivity index (χ0v) is 28.1. The van der Waals surface area contributed by atoms with Crippen LogP contribution in [0.5, 0.6) is 0 Å². The number of anilines is 1. The highest BCUT2D eigenvalue weighted by Gasteiger charge is 2.36. The molecule has 1 aliphatic rings. The van der Waals surface area contributed by atoms with Crippen molar-refractivity contribution in [1.29, 1.82) is 0 Å². The second kappa shape index (κ2) is 15.4. The molecule has 4 aromatic carbocycles. The van der Waals surface area contributed by atoms with Crippen LogP contribution in [-0.2, 0) is 32.6 Å². The molecular formula is C35H34Cl3N3O4S. The molecule has 5 rings (SSSR count). The minimum atomic E-state index is -4.24. The Morgan fingerprint density at radius 1 is 0.783 bits per heavy atom. The molecule has 1 saturated carbocycles. The summed E-state index contributed by atoms with van der Waals surface area (Å²) in [6.07, 6.45) is 3.94. The lowest BCUT2D eigenvalue weighted by Gasteiger charge is -2.34. The number of rotatable bonds is 12. The van der Waals surface area contributed by atoms with Crippen LogP contribution in [0.25, 0.3) is 0 Å². The predicted molar refractivity (Wildman–Crippen MR) is 184 cm³/mol. The molecule has 1 fully saturated rings. The molecule has 1 atom stereocenters.